The Morgan fingerprint density at radius 1 is 0.923 bits per heavy atom. The molecule has 0 bridgehead atoms. The molecule has 4 nitrogen and oxygen atoms in total. The van der Waals surface area contributed by atoms with Gasteiger partial charge in [0.2, 0.25) is 0 Å². The number of carbonyl (C=O) groups excluding carboxylic acids is 1. The predicted octanol–water partition coefficient (Wildman–Crippen LogP) is 2.94. The van der Waals surface area contributed by atoms with Gasteiger partial charge in [0.05, 0.1) is 5.56 Å². The molecule has 2 aromatic carbocycles. The van der Waals surface area contributed by atoms with Crippen molar-refractivity contribution < 1.29 is 22.7 Å². The van der Waals surface area contributed by atoms with Crippen LogP contribution in [-0.2, 0) is 0 Å². The fraction of sp³-hybridized carbons (Fsp3) is 0.316. The molecule has 1 aliphatic rings. The summed E-state index contributed by atoms with van der Waals surface area (Å²) in [6.07, 6.45) is 0. The number of nitrogens with zero attached hydrogens (tertiary/aromatic N) is 2. The van der Waals surface area contributed by atoms with E-state index in [2.05, 4.69) is 4.90 Å². The van der Waals surface area contributed by atoms with Crippen molar-refractivity contribution in [1.82, 2.24) is 9.80 Å². The van der Waals surface area contributed by atoms with Crippen molar-refractivity contribution in [3.63, 3.8) is 0 Å². The summed E-state index contributed by atoms with van der Waals surface area (Å²) in [5.41, 5.74) is -0.440. The smallest absolute Gasteiger partial charge is 0.257 e. The highest BCUT2D eigenvalue weighted by molar-refractivity contribution is 5.94. The van der Waals surface area contributed by atoms with Gasteiger partial charge in [-0.25, -0.2) is 13.2 Å². The van der Waals surface area contributed by atoms with Crippen LogP contribution in [0.25, 0.3) is 0 Å². The van der Waals surface area contributed by atoms with Crippen LogP contribution in [0.1, 0.15) is 10.4 Å². The Labute approximate surface area is 149 Å². The quantitative estimate of drug-likeness (QED) is 0.765. The molecular weight excluding hydrogens is 345 g/mol. The number of hydrogen-bond donors (Lipinski definition) is 0. The van der Waals surface area contributed by atoms with E-state index in [0.29, 0.717) is 39.3 Å². The first-order valence-corrected chi connectivity index (χ1v) is 8.39. The molecule has 138 valence electrons. The maximum absolute atomic E-state index is 13.8. The fourth-order valence-electron chi connectivity index (χ4n) is 2.85. The highest BCUT2D eigenvalue weighted by Crippen LogP contribution is 2.18. The zero-order chi connectivity index (χ0) is 18.5. The highest BCUT2D eigenvalue weighted by atomic mass is 19.2. The van der Waals surface area contributed by atoms with Gasteiger partial charge < -0.3 is 9.64 Å². The monoisotopic (exact) mass is 364 g/mol. The lowest BCUT2D eigenvalue weighted by molar-refractivity contribution is 0.0614. The van der Waals surface area contributed by atoms with E-state index in [4.69, 9.17) is 4.74 Å². The van der Waals surface area contributed by atoms with E-state index in [-0.39, 0.29) is 0 Å². The zero-order valence-electron chi connectivity index (χ0n) is 14.1. The van der Waals surface area contributed by atoms with E-state index < -0.39 is 28.9 Å². The first-order chi connectivity index (χ1) is 12.6. The maximum atomic E-state index is 13.8. The van der Waals surface area contributed by atoms with E-state index in [1.165, 1.54) is 4.90 Å². The van der Waals surface area contributed by atoms with Crippen molar-refractivity contribution in [2.75, 3.05) is 39.3 Å². The lowest BCUT2D eigenvalue weighted by Gasteiger charge is -2.34. The number of carbonyl (C=O) groups is 1. The topological polar surface area (TPSA) is 32.8 Å². The molecule has 26 heavy (non-hydrogen) atoms. The number of hydrogen-bond acceptors (Lipinski definition) is 3. The summed E-state index contributed by atoms with van der Waals surface area (Å²) in [5, 5.41) is 0. The van der Waals surface area contributed by atoms with Gasteiger partial charge in [-0.3, -0.25) is 9.69 Å². The summed E-state index contributed by atoms with van der Waals surface area (Å²) in [7, 11) is 0. The SMILES string of the molecule is O=C(c1ccc(F)c(F)c1F)N1CCN(CCOc2ccccc2)CC1. The minimum absolute atomic E-state index is 0.391. The molecule has 0 saturated carbocycles. The normalized spacial score (nSPS) is 15.1. The molecule has 0 atom stereocenters. The van der Waals surface area contributed by atoms with Crippen molar-refractivity contribution in [2.24, 2.45) is 0 Å². The van der Waals surface area contributed by atoms with Crippen LogP contribution in [0.5, 0.6) is 5.75 Å². The van der Waals surface area contributed by atoms with Gasteiger partial charge in [-0.05, 0) is 24.3 Å². The first-order valence-electron chi connectivity index (χ1n) is 8.39. The number of para-hydroxylation sites is 1. The van der Waals surface area contributed by atoms with Crippen LogP contribution < -0.4 is 4.74 Å². The minimum Gasteiger partial charge on any atom is -0.492 e. The lowest BCUT2D eigenvalue weighted by atomic mass is 10.1. The first kappa shape index (κ1) is 18.3. The van der Waals surface area contributed by atoms with Crippen molar-refractivity contribution in [3.8, 4) is 5.75 Å². The van der Waals surface area contributed by atoms with Crippen LogP contribution in [0, 0.1) is 17.5 Å². The largest absolute Gasteiger partial charge is 0.492 e. The molecule has 2 aromatic rings. The summed E-state index contributed by atoms with van der Waals surface area (Å²) in [4.78, 5) is 15.9. The van der Waals surface area contributed by atoms with Crippen LogP contribution in [0.2, 0.25) is 0 Å². The van der Waals surface area contributed by atoms with Crippen LogP contribution in [-0.4, -0.2) is 55.0 Å². The summed E-state index contributed by atoms with van der Waals surface area (Å²) in [6.45, 7) is 3.22. The number of amides is 1. The molecule has 1 fully saturated rings. The molecule has 0 N–H and O–H groups in total. The average Bonchev–Trinajstić information content (AvgIpc) is 2.67. The Morgan fingerprint density at radius 2 is 1.62 bits per heavy atom. The summed E-state index contributed by atoms with van der Waals surface area (Å²) < 4.78 is 45.7. The second-order valence-electron chi connectivity index (χ2n) is 6.02. The molecule has 3 rings (SSSR count). The molecule has 0 spiro atoms. The number of ether oxygens (including phenoxy) is 1. The van der Waals surface area contributed by atoms with Gasteiger partial charge in [0.25, 0.3) is 5.91 Å². The third-order valence-electron chi connectivity index (χ3n) is 4.34. The standard InChI is InChI=1S/C19H19F3N2O2/c20-16-7-6-15(17(21)18(16)22)19(25)24-10-8-23(9-11-24)12-13-26-14-4-2-1-3-5-14/h1-7H,8-13H2. The molecule has 0 aliphatic carbocycles. The highest BCUT2D eigenvalue weighted by Gasteiger charge is 2.26. The van der Waals surface area contributed by atoms with Crippen molar-refractivity contribution in [3.05, 3.63) is 65.5 Å². The summed E-state index contributed by atoms with van der Waals surface area (Å²) >= 11 is 0. The van der Waals surface area contributed by atoms with E-state index in [1.54, 1.807) is 0 Å². The van der Waals surface area contributed by atoms with E-state index in [0.717, 1.165) is 17.9 Å². The second kappa shape index (κ2) is 8.23. The average molecular weight is 364 g/mol. The van der Waals surface area contributed by atoms with Crippen LogP contribution in [0.4, 0.5) is 13.2 Å². The maximum Gasteiger partial charge on any atom is 0.257 e. The van der Waals surface area contributed by atoms with Crippen molar-refractivity contribution >= 4 is 5.91 Å². The van der Waals surface area contributed by atoms with E-state index in [9.17, 15) is 18.0 Å². The van der Waals surface area contributed by atoms with E-state index in [1.807, 2.05) is 30.3 Å². The van der Waals surface area contributed by atoms with Crippen LogP contribution in [0.3, 0.4) is 0 Å². The number of halogens is 3. The van der Waals surface area contributed by atoms with Gasteiger partial charge >= 0.3 is 0 Å². The Morgan fingerprint density at radius 3 is 2.31 bits per heavy atom. The third-order valence-corrected chi connectivity index (χ3v) is 4.34. The van der Waals surface area contributed by atoms with Crippen LogP contribution >= 0.6 is 0 Å². The van der Waals surface area contributed by atoms with Crippen LogP contribution in [0.15, 0.2) is 42.5 Å². The van der Waals surface area contributed by atoms with Gasteiger partial charge in [-0.2, -0.15) is 0 Å². The zero-order valence-corrected chi connectivity index (χ0v) is 14.1. The number of piperazine rings is 1. The van der Waals surface area contributed by atoms with Crippen molar-refractivity contribution in [2.45, 2.75) is 0 Å². The Hall–Kier alpha value is -2.54. The molecule has 0 unspecified atom stereocenters. The molecular formula is C19H19F3N2O2. The molecule has 1 aliphatic heterocycles. The minimum atomic E-state index is -1.62. The Balaban J connectivity index is 1.49. The number of rotatable bonds is 5. The molecule has 1 heterocycles. The van der Waals surface area contributed by atoms with Gasteiger partial charge in [0.15, 0.2) is 17.5 Å². The second-order valence-corrected chi connectivity index (χ2v) is 6.02. The molecule has 0 aromatic heterocycles. The molecule has 1 amide bonds. The summed E-state index contributed by atoms with van der Waals surface area (Å²) in [5.74, 6) is -4.18. The Kier molecular flexibility index (Phi) is 5.78. The fourth-order valence-corrected chi connectivity index (χ4v) is 2.85. The van der Waals surface area contributed by atoms with Gasteiger partial charge in [0, 0.05) is 32.7 Å². The van der Waals surface area contributed by atoms with Crippen molar-refractivity contribution in [1.29, 1.82) is 0 Å². The summed E-state index contributed by atoms with van der Waals surface area (Å²) in [6, 6.07) is 11.2. The Bertz CT molecular complexity index is 763. The van der Waals surface area contributed by atoms with Gasteiger partial charge in [-0.1, -0.05) is 18.2 Å². The third kappa shape index (κ3) is 4.16. The molecule has 0 radical (unpaired) electrons. The predicted molar refractivity (Wildman–Crippen MR) is 90.6 cm³/mol. The van der Waals surface area contributed by atoms with Gasteiger partial charge in [-0.15, -0.1) is 0 Å². The van der Waals surface area contributed by atoms with Gasteiger partial charge in [0.1, 0.15) is 12.4 Å². The van der Waals surface area contributed by atoms with E-state index >= 15 is 0 Å². The number of benzene rings is 2. The molecule has 7 heteroatoms. The lowest BCUT2D eigenvalue weighted by Crippen LogP contribution is -2.49. The molecule has 1 saturated heterocycles.